The normalized spacial score (nSPS) is 11.0. The van der Waals surface area contributed by atoms with E-state index in [4.69, 9.17) is 27.9 Å². The molecular formula is C17H14Cl2N2O3S. The van der Waals surface area contributed by atoms with E-state index in [1.165, 1.54) is 4.57 Å². The molecule has 0 atom stereocenters. The molecule has 0 bridgehead atoms. The first-order valence-corrected chi connectivity index (χ1v) is 9.25. The molecule has 2 aromatic heterocycles. The van der Waals surface area contributed by atoms with Gasteiger partial charge in [0.1, 0.15) is 15.5 Å². The largest absolute Gasteiger partial charge is 0.462 e. The number of benzene rings is 1. The number of ether oxygens (including phenoxy) is 1. The molecule has 1 aromatic carbocycles. The number of para-hydroxylation sites is 1. The summed E-state index contributed by atoms with van der Waals surface area (Å²) in [6.45, 7) is 3.71. The van der Waals surface area contributed by atoms with E-state index in [9.17, 15) is 9.59 Å². The molecule has 0 spiro atoms. The minimum absolute atomic E-state index is 0.0299. The molecule has 0 N–H and O–H groups in total. The number of thiophene rings is 1. The van der Waals surface area contributed by atoms with Crippen LogP contribution in [0.1, 0.15) is 28.0 Å². The number of hydrogen-bond donors (Lipinski definition) is 0. The molecule has 130 valence electrons. The van der Waals surface area contributed by atoms with Crippen LogP contribution < -0.4 is 5.56 Å². The fourth-order valence-electron chi connectivity index (χ4n) is 2.59. The van der Waals surface area contributed by atoms with Gasteiger partial charge in [-0.05, 0) is 31.5 Å². The lowest BCUT2D eigenvalue weighted by atomic mass is 10.2. The van der Waals surface area contributed by atoms with E-state index in [1.54, 1.807) is 38.1 Å². The topological polar surface area (TPSA) is 61.2 Å². The maximum Gasteiger partial charge on any atom is 0.348 e. The Bertz CT molecular complexity index is 1030. The van der Waals surface area contributed by atoms with Crippen LogP contribution in [0.25, 0.3) is 15.9 Å². The van der Waals surface area contributed by atoms with E-state index in [0.717, 1.165) is 11.3 Å². The summed E-state index contributed by atoms with van der Waals surface area (Å²) < 4.78 is 6.45. The Morgan fingerprint density at radius 3 is 2.72 bits per heavy atom. The molecule has 5 nitrogen and oxygen atoms in total. The monoisotopic (exact) mass is 396 g/mol. The van der Waals surface area contributed by atoms with E-state index in [-0.39, 0.29) is 18.0 Å². The van der Waals surface area contributed by atoms with E-state index < -0.39 is 5.97 Å². The van der Waals surface area contributed by atoms with Gasteiger partial charge in [0.2, 0.25) is 0 Å². The molecule has 0 amide bonds. The smallest absolute Gasteiger partial charge is 0.348 e. The number of hydrogen-bond acceptors (Lipinski definition) is 5. The highest BCUT2D eigenvalue weighted by Gasteiger charge is 2.23. The molecule has 0 unspecified atom stereocenters. The maximum absolute atomic E-state index is 13.1. The Morgan fingerprint density at radius 1 is 1.36 bits per heavy atom. The lowest BCUT2D eigenvalue weighted by molar-refractivity contribution is 0.0531. The molecule has 0 saturated heterocycles. The third kappa shape index (κ3) is 3.05. The molecule has 0 aliphatic carbocycles. The number of halogens is 2. The fourth-order valence-corrected chi connectivity index (χ4v) is 4.07. The van der Waals surface area contributed by atoms with Gasteiger partial charge in [0.05, 0.1) is 28.6 Å². The quantitative estimate of drug-likeness (QED) is 0.486. The number of nitrogens with zero attached hydrogens (tertiary/aromatic N) is 2. The van der Waals surface area contributed by atoms with E-state index in [2.05, 4.69) is 4.98 Å². The number of aryl methyl sites for hydroxylation is 1. The van der Waals surface area contributed by atoms with Crippen LogP contribution in [-0.2, 0) is 10.6 Å². The van der Waals surface area contributed by atoms with Crippen LogP contribution in [-0.4, -0.2) is 22.1 Å². The van der Waals surface area contributed by atoms with E-state index >= 15 is 0 Å². The van der Waals surface area contributed by atoms with Gasteiger partial charge in [-0.3, -0.25) is 9.36 Å². The summed E-state index contributed by atoms with van der Waals surface area (Å²) in [6, 6.07) is 6.97. The highest BCUT2D eigenvalue weighted by molar-refractivity contribution is 7.20. The number of carbonyl (C=O) groups is 1. The molecule has 8 heteroatoms. The van der Waals surface area contributed by atoms with Gasteiger partial charge in [-0.25, -0.2) is 9.78 Å². The standard InChI is InChI=1S/C17H14Cl2N2O3S/c1-3-24-17(23)14-9(2)13-15(25-14)20-12(8-18)21(16(13)22)11-7-5-4-6-10(11)19/h4-7H,3,8H2,1-2H3. The fraction of sp³-hybridized carbons (Fsp3) is 0.235. The SMILES string of the molecule is CCOC(=O)c1sc2nc(CCl)n(-c3ccccc3Cl)c(=O)c2c1C. The number of rotatable bonds is 4. The predicted molar refractivity (Wildman–Crippen MR) is 100 cm³/mol. The van der Waals surface area contributed by atoms with Crippen LogP contribution in [0.15, 0.2) is 29.1 Å². The summed E-state index contributed by atoms with van der Waals surface area (Å²) in [7, 11) is 0. The van der Waals surface area contributed by atoms with Crippen molar-refractivity contribution in [1.29, 1.82) is 0 Å². The summed E-state index contributed by atoms with van der Waals surface area (Å²) in [5, 5.41) is 0.789. The van der Waals surface area contributed by atoms with Crippen LogP contribution in [0.4, 0.5) is 0 Å². The third-order valence-electron chi connectivity index (χ3n) is 3.71. The third-order valence-corrected chi connectivity index (χ3v) is 5.43. The molecule has 0 saturated carbocycles. The van der Waals surface area contributed by atoms with Crippen LogP contribution in [0.2, 0.25) is 5.02 Å². The van der Waals surface area contributed by atoms with E-state index in [1.807, 2.05) is 0 Å². The van der Waals surface area contributed by atoms with Gasteiger partial charge in [-0.2, -0.15) is 0 Å². The Labute approximate surface area is 157 Å². The van der Waals surface area contributed by atoms with Crippen LogP contribution in [0.3, 0.4) is 0 Å². The van der Waals surface area contributed by atoms with Crippen molar-refractivity contribution in [3.05, 3.63) is 55.9 Å². The van der Waals surface area contributed by atoms with Gasteiger partial charge in [0.25, 0.3) is 5.56 Å². The van der Waals surface area contributed by atoms with Gasteiger partial charge in [0, 0.05) is 0 Å². The minimum atomic E-state index is -0.459. The summed E-state index contributed by atoms with van der Waals surface area (Å²) in [5.41, 5.74) is 0.749. The second-order valence-electron chi connectivity index (χ2n) is 5.21. The van der Waals surface area contributed by atoms with E-state index in [0.29, 0.717) is 37.2 Å². The zero-order valence-corrected chi connectivity index (χ0v) is 15.8. The minimum Gasteiger partial charge on any atom is -0.462 e. The molecule has 0 fully saturated rings. The molecule has 0 aliphatic rings. The zero-order chi connectivity index (χ0) is 18.1. The first-order chi connectivity index (χ1) is 12.0. The van der Waals surface area contributed by atoms with Gasteiger partial charge >= 0.3 is 5.97 Å². The number of esters is 1. The Morgan fingerprint density at radius 2 is 2.08 bits per heavy atom. The van der Waals surface area contributed by atoms with Crippen molar-refractivity contribution in [2.75, 3.05) is 6.61 Å². The van der Waals surface area contributed by atoms with Crippen molar-refractivity contribution in [3.63, 3.8) is 0 Å². The lowest BCUT2D eigenvalue weighted by Crippen LogP contribution is -2.23. The summed E-state index contributed by atoms with van der Waals surface area (Å²) in [5.74, 6) is -0.0646. The van der Waals surface area contributed by atoms with Crippen LogP contribution in [0, 0.1) is 6.92 Å². The second-order valence-corrected chi connectivity index (χ2v) is 6.88. The van der Waals surface area contributed by atoms with Crippen LogP contribution in [0.5, 0.6) is 0 Å². The van der Waals surface area contributed by atoms with Gasteiger partial charge in [-0.1, -0.05) is 23.7 Å². The number of fused-ring (bicyclic) bond motifs is 1. The summed E-state index contributed by atoms with van der Waals surface area (Å²) in [6.07, 6.45) is 0. The molecule has 0 radical (unpaired) electrons. The number of aromatic nitrogens is 2. The maximum atomic E-state index is 13.1. The van der Waals surface area contributed by atoms with Gasteiger partial charge in [0.15, 0.2) is 0 Å². The predicted octanol–water partition coefficient (Wildman–Crippen LogP) is 4.32. The summed E-state index contributed by atoms with van der Waals surface area (Å²) in [4.78, 5) is 30.6. The molecule has 3 aromatic rings. The zero-order valence-electron chi connectivity index (χ0n) is 13.5. The lowest BCUT2D eigenvalue weighted by Gasteiger charge is -2.12. The summed E-state index contributed by atoms with van der Waals surface area (Å²) >= 11 is 13.4. The highest BCUT2D eigenvalue weighted by Crippen LogP contribution is 2.30. The molecular weight excluding hydrogens is 383 g/mol. The van der Waals surface area contributed by atoms with Crippen molar-refractivity contribution < 1.29 is 9.53 Å². The molecule has 25 heavy (non-hydrogen) atoms. The van der Waals surface area contributed by atoms with Crippen molar-refractivity contribution in [3.8, 4) is 5.69 Å². The van der Waals surface area contributed by atoms with Gasteiger partial charge < -0.3 is 4.74 Å². The number of alkyl halides is 1. The average molecular weight is 397 g/mol. The van der Waals surface area contributed by atoms with Crippen molar-refractivity contribution in [1.82, 2.24) is 9.55 Å². The van der Waals surface area contributed by atoms with Crippen molar-refractivity contribution in [2.45, 2.75) is 19.7 Å². The Balaban J connectivity index is 2.35. The number of carbonyl (C=O) groups excluding carboxylic acids is 1. The Kier molecular flexibility index (Phi) is 5.13. The van der Waals surface area contributed by atoms with Crippen LogP contribution >= 0.6 is 34.5 Å². The second kappa shape index (κ2) is 7.15. The first-order valence-electron chi connectivity index (χ1n) is 7.52. The molecule has 2 heterocycles. The molecule has 0 aliphatic heterocycles. The van der Waals surface area contributed by atoms with Crippen molar-refractivity contribution in [2.24, 2.45) is 0 Å². The molecule has 3 rings (SSSR count). The highest BCUT2D eigenvalue weighted by atomic mass is 35.5. The average Bonchev–Trinajstić information content (AvgIpc) is 2.93. The Hall–Kier alpha value is -1.89. The van der Waals surface area contributed by atoms with Gasteiger partial charge in [-0.15, -0.1) is 22.9 Å². The van der Waals surface area contributed by atoms with Crippen molar-refractivity contribution >= 4 is 50.7 Å². The first kappa shape index (κ1) is 17.9.